The van der Waals surface area contributed by atoms with E-state index in [2.05, 4.69) is 15.6 Å². The van der Waals surface area contributed by atoms with Crippen LogP contribution in [0.5, 0.6) is 0 Å². The molecule has 0 unspecified atom stereocenters. The first-order valence-electron chi connectivity index (χ1n) is 7.72. The van der Waals surface area contributed by atoms with Crippen molar-refractivity contribution in [3.63, 3.8) is 0 Å². The lowest BCUT2D eigenvalue weighted by Crippen LogP contribution is -2.27. The number of carboxylic acid groups (broad SMARTS) is 1. The minimum absolute atomic E-state index is 0.157. The number of carboxylic acids is 1. The Labute approximate surface area is 133 Å². The standard InChI is InChI=1S/C16H20N4O3/c21-10-13-9-20(19-18-13)14-3-1-2-11(6-14)7-15(16(22)23)12-4-5-17-8-12/h1-3,6,9,12,15,17,21H,4-5,7-8,10H2,(H,22,23)/t12-,15-/m0/s1. The third-order valence-electron chi connectivity index (χ3n) is 4.32. The average Bonchev–Trinajstić information content (AvgIpc) is 3.24. The molecule has 0 bridgehead atoms. The summed E-state index contributed by atoms with van der Waals surface area (Å²) in [5.41, 5.74) is 2.27. The van der Waals surface area contributed by atoms with Crippen molar-refractivity contribution in [3.8, 4) is 5.69 Å². The van der Waals surface area contributed by atoms with Crippen LogP contribution in [0.3, 0.4) is 0 Å². The van der Waals surface area contributed by atoms with Gasteiger partial charge in [0.2, 0.25) is 0 Å². The first-order chi connectivity index (χ1) is 11.2. The molecule has 2 heterocycles. The number of aliphatic hydroxyl groups is 1. The van der Waals surface area contributed by atoms with Crippen molar-refractivity contribution >= 4 is 5.97 Å². The van der Waals surface area contributed by atoms with Gasteiger partial charge in [0, 0.05) is 0 Å². The third-order valence-corrected chi connectivity index (χ3v) is 4.32. The summed E-state index contributed by atoms with van der Waals surface area (Å²) in [6.07, 6.45) is 3.06. The van der Waals surface area contributed by atoms with Gasteiger partial charge in [-0.05, 0) is 49.5 Å². The predicted octanol–water partition coefficient (Wildman–Crippen LogP) is 0.612. The highest BCUT2D eigenvalue weighted by molar-refractivity contribution is 5.71. The van der Waals surface area contributed by atoms with E-state index in [-0.39, 0.29) is 18.4 Å². The van der Waals surface area contributed by atoms with Crippen molar-refractivity contribution in [2.45, 2.75) is 19.4 Å². The fourth-order valence-corrected chi connectivity index (χ4v) is 3.05. The molecule has 1 aliphatic rings. The lowest BCUT2D eigenvalue weighted by molar-refractivity contribution is -0.143. The van der Waals surface area contributed by atoms with Crippen molar-refractivity contribution in [2.75, 3.05) is 13.1 Å². The molecule has 122 valence electrons. The Bertz CT molecular complexity index is 679. The number of nitrogens with one attached hydrogen (secondary N) is 1. The lowest BCUT2D eigenvalue weighted by Gasteiger charge is -2.19. The molecule has 1 aliphatic heterocycles. The van der Waals surface area contributed by atoms with Gasteiger partial charge in [-0.15, -0.1) is 5.10 Å². The first-order valence-corrected chi connectivity index (χ1v) is 7.72. The number of aliphatic carboxylic acids is 1. The van der Waals surface area contributed by atoms with E-state index in [1.54, 1.807) is 10.9 Å². The molecule has 0 amide bonds. The minimum Gasteiger partial charge on any atom is -0.481 e. The van der Waals surface area contributed by atoms with Crippen LogP contribution in [0, 0.1) is 11.8 Å². The summed E-state index contributed by atoms with van der Waals surface area (Å²) in [7, 11) is 0. The molecular formula is C16H20N4O3. The molecule has 0 aliphatic carbocycles. The van der Waals surface area contributed by atoms with Gasteiger partial charge < -0.3 is 15.5 Å². The fourth-order valence-electron chi connectivity index (χ4n) is 3.05. The van der Waals surface area contributed by atoms with E-state index in [4.69, 9.17) is 5.11 Å². The second kappa shape index (κ2) is 6.89. The number of aliphatic hydroxyl groups excluding tert-OH is 1. The summed E-state index contributed by atoms with van der Waals surface area (Å²) >= 11 is 0. The van der Waals surface area contributed by atoms with Gasteiger partial charge in [-0.1, -0.05) is 17.3 Å². The highest BCUT2D eigenvalue weighted by Crippen LogP contribution is 2.24. The number of hydrogen-bond acceptors (Lipinski definition) is 5. The highest BCUT2D eigenvalue weighted by Gasteiger charge is 2.30. The molecule has 1 aromatic heterocycles. The topological polar surface area (TPSA) is 100 Å². The van der Waals surface area contributed by atoms with Gasteiger partial charge in [0.15, 0.2) is 0 Å². The Morgan fingerprint density at radius 1 is 1.48 bits per heavy atom. The highest BCUT2D eigenvalue weighted by atomic mass is 16.4. The summed E-state index contributed by atoms with van der Waals surface area (Å²) in [4.78, 5) is 11.6. The van der Waals surface area contributed by atoms with Crippen LogP contribution >= 0.6 is 0 Å². The minimum atomic E-state index is -0.743. The Morgan fingerprint density at radius 3 is 3.00 bits per heavy atom. The van der Waals surface area contributed by atoms with E-state index in [1.165, 1.54) is 0 Å². The van der Waals surface area contributed by atoms with Gasteiger partial charge in [-0.3, -0.25) is 4.79 Å². The van der Waals surface area contributed by atoms with Crippen LogP contribution in [0.15, 0.2) is 30.5 Å². The number of aromatic nitrogens is 3. The smallest absolute Gasteiger partial charge is 0.307 e. The van der Waals surface area contributed by atoms with Crippen LogP contribution in [0.1, 0.15) is 17.7 Å². The van der Waals surface area contributed by atoms with Gasteiger partial charge in [0.25, 0.3) is 0 Å². The number of nitrogens with zero attached hydrogens (tertiary/aromatic N) is 3. The van der Waals surface area contributed by atoms with Crippen LogP contribution in [0.25, 0.3) is 5.69 Å². The monoisotopic (exact) mass is 316 g/mol. The molecule has 23 heavy (non-hydrogen) atoms. The molecular weight excluding hydrogens is 296 g/mol. The van der Waals surface area contributed by atoms with Gasteiger partial charge in [-0.25, -0.2) is 4.68 Å². The van der Waals surface area contributed by atoms with Crippen molar-refractivity contribution in [1.29, 1.82) is 0 Å². The number of rotatable bonds is 6. The summed E-state index contributed by atoms with van der Waals surface area (Å²) in [6, 6.07) is 7.63. The van der Waals surface area contributed by atoms with E-state index in [9.17, 15) is 9.90 Å². The number of hydrogen-bond donors (Lipinski definition) is 3. The molecule has 2 atom stereocenters. The lowest BCUT2D eigenvalue weighted by atomic mass is 9.86. The van der Waals surface area contributed by atoms with E-state index >= 15 is 0 Å². The molecule has 0 radical (unpaired) electrons. The van der Waals surface area contributed by atoms with Crippen molar-refractivity contribution < 1.29 is 15.0 Å². The van der Waals surface area contributed by atoms with Crippen LogP contribution < -0.4 is 5.32 Å². The van der Waals surface area contributed by atoms with E-state index in [0.29, 0.717) is 12.1 Å². The van der Waals surface area contributed by atoms with Crippen LogP contribution in [-0.2, 0) is 17.8 Å². The van der Waals surface area contributed by atoms with E-state index in [0.717, 1.165) is 30.8 Å². The predicted molar refractivity (Wildman–Crippen MR) is 83.1 cm³/mol. The summed E-state index contributed by atoms with van der Waals surface area (Å²) in [5.74, 6) is -0.958. The molecule has 7 nitrogen and oxygen atoms in total. The molecule has 2 aromatic rings. The maximum Gasteiger partial charge on any atom is 0.307 e. The van der Waals surface area contributed by atoms with Gasteiger partial charge in [-0.2, -0.15) is 0 Å². The van der Waals surface area contributed by atoms with E-state index in [1.807, 2.05) is 24.3 Å². The van der Waals surface area contributed by atoms with Gasteiger partial charge >= 0.3 is 5.97 Å². The normalized spacial score (nSPS) is 18.9. The average molecular weight is 316 g/mol. The molecule has 7 heteroatoms. The Morgan fingerprint density at radius 2 is 2.35 bits per heavy atom. The van der Waals surface area contributed by atoms with Gasteiger partial charge in [0.05, 0.1) is 24.4 Å². The zero-order valence-electron chi connectivity index (χ0n) is 12.7. The second-order valence-corrected chi connectivity index (χ2v) is 5.88. The Hall–Kier alpha value is -2.25. The SMILES string of the molecule is O=C(O)[C@@H](Cc1cccc(-n2cc(CO)nn2)c1)[C@H]1CCNC1. The molecule has 1 aromatic carbocycles. The van der Waals surface area contributed by atoms with Crippen molar-refractivity contribution in [2.24, 2.45) is 11.8 Å². The van der Waals surface area contributed by atoms with Crippen LogP contribution in [0.2, 0.25) is 0 Å². The zero-order chi connectivity index (χ0) is 16.2. The molecule has 0 saturated carbocycles. The van der Waals surface area contributed by atoms with Crippen molar-refractivity contribution in [1.82, 2.24) is 20.3 Å². The Balaban J connectivity index is 1.79. The summed E-state index contributed by atoms with van der Waals surface area (Å²) < 4.78 is 1.59. The van der Waals surface area contributed by atoms with Crippen LogP contribution in [0.4, 0.5) is 0 Å². The molecule has 1 saturated heterocycles. The number of carbonyl (C=O) groups is 1. The van der Waals surface area contributed by atoms with Crippen LogP contribution in [-0.4, -0.2) is 44.3 Å². The Kier molecular flexibility index (Phi) is 4.68. The first kappa shape index (κ1) is 15.6. The summed E-state index contributed by atoms with van der Waals surface area (Å²) in [5, 5.41) is 29.7. The maximum atomic E-state index is 11.6. The van der Waals surface area contributed by atoms with Crippen molar-refractivity contribution in [3.05, 3.63) is 41.7 Å². The summed E-state index contributed by atoms with van der Waals surface area (Å²) in [6.45, 7) is 1.49. The number of benzene rings is 1. The van der Waals surface area contributed by atoms with Gasteiger partial charge in [0.1, 0.15) is 5.69 Å². The largest absolute Gasteiger partial charge is 0.481 e. The zero-order valence-corrected chi connectivity index (χ0v) is 12.7. The molecule has 3 rings (SSSR count). The third kappa shape index (κ3) is 3.57. The molecule has 3 N–H and O–H groups in total. The molecule has 0 spiro atoms. The van der Waals surface area contributed by atoms with E-state index < -0.39 is 5.97 Å². The molecule has 1 fully saturated rings. The second-order valence-electron chi connectivity index (χ2n) is 5.88. The quantitative estimate of drug-likeness (QED) is 0.722. The maximum absolute atomic E-state index is 11.6. The fraction of sp³-hybridized carbons (Fsp3) is 0.438.